The van der Waals surface area contributed by atoms with Gasteiger partial charge in [0.25, 0.3) is 0 Å². The Morgan fingerprint density at radius 2 is 2.10 bits per heavy atom. The maximum absolute atomic E-state index is 13.3. The van der Waals surface area contributed by atoms with Crippen molar-refractivity contribution in [2.24, 2.45) is 0 Å². The molecule has 2 aromatic rings. The third-order valence-electron chi connectivity index (χ3n) is 2.75. The van der Waals surface area contributed by atoms with Gasteiger partial charge in [0.1, 0.15) is 23.7 Å². The molecular formula is C15H12BrFO3. The van der Waals surface area contributed by atoms with Crippen LogP contribution in [0.15, 0.2) is 40.9 Å². The van der Waals surface area contributed by atoms with Gasteiger partial charge in [-0.1, -0.05) is 28.1 Å². The summed E-state index contributed by atoms with van der Waals surface area (Å²) >= 11 is 3.20. The lowest BCUT2D eigenvalue weighted by Gasteiger charge is -2.12. The summed E-state index contributed by atoms with van der Waals surface area (Å²) in [5, 5.41) is 9.13. The fourth-order valence-corrected chi connectivity index (χ4v) is 2.37. The van der Waals surface area contributed by atoms with Crippen LogP contribution in [0.4, 0.5) is 4.39 Å². The standard InChI is InChI=1S/C15H12BrFO3/c1-9-3-2-4-13(15(18)19)14(9)20-8-10-5-11(16)7-12(17)6-10/h2-7H,8H2,1H3,(H,18,19). The molecule has 0 unspecified atom stereocenters. The molecule has 0 bridgehead atoms. The van der Waals surface area contributed by atoms with Crippen molar-refractivity contribution in [1.82, 2.24) is 0 Å². The largest absolute Gasteiger partial charge is 0.488 e. The summed E-state index contributed by atoms with van der Waals surface area (Å²) < 4.78 is 19.4. The molecular weight excluding hydrogens is 327 g/mol. The van der Waals surface area contributed by atoms with E-state index in [-0.39, 0.29) is 18.0 Å². The van der Waals surface area contributed by atoms with Crippen LogP contribution < -0.4 is 4.74 Å². The minimum Gasteiger partial charge on any atom is -0.488 e. The molecule has 5 heteroatoms. The van der Waals surface area contributed by atoms with Crippen LogP contribution in [0.3, 0.4) is 0 Å². The van der Waals surface area contributed by atoms with Crippen LogP contribution >= 0.6 is 15.9 Å². The fraction of sp³-hybridized carbons (Fsp3) is 0.133. The van der Waals surface area contributed by atoms with Crippen LogP contribution in [0.1, 0.15) is 21.5 Å². The third kappa shape index (κ3) is 3.36. The van der Waals surface area contributed by atoms with E-state index in [4.69, 9.17) is 9.84 Å². The summed E-state index contributed by atoms with van der Waals surface area (Å²) in [5.74, 6) is -1.12. The van der Waals surface area contributed by atoms with Crippen LogP contribution in [-0.4, -0.2) is 11.1 Å². The van der Waals surface area contributed by atoms with Crippen molar-refractivity contribution >= 4 is 21.9 Å². The number of rotatable bonds is 4. The van der Waals surface area contributed by atoms with Gasteiger partial charge < -0.3 is 9.84 Å². The van der Waals surface area contributed by atoms with Gasteiger partial charge in [-0.2, -0.15) is 0 Å². The average molecular weight is 339 g/mol. The number of para-hydroxylation sites is 1. The van der Waals surface area contributed by atoms with Crippen LogP contribution in [-0.2, 0) is 6.61 Å². The summed E-state index contributed by atoms with van der Waals surface area (Å²) in [6.07, 6.45) is 0. The van der Waals surface area contributed by atoms with Crippen LogP contribution in [0.5, 0.6) is 5.75 Å². The highest BCUT2D eigenvalue weighted by atomic mass is 79.9. The number of hydrogen-bond acceptors (Lipinski definition) is 2. The minimum absolute atomic E-state index is 0.0977. The first-order chi connectivity index (χ1) is 9.47. The average Bonchev–Trinajstić information content (AvgIpc) is 2.35. The molecule has 0 aliphatic heterocycles. The van der Waals surface area contributed by atoms with Crippen LogP contribution in [0, 0.1) is 12.7 Å². The Labute approximate surface area is 124 Å². The van der Waals surface area contributed by atoms with Gasteiger partial charge in [-0.25, -0.2) is 9.18 Å². The Morgan fingerprint density at radius 3 is 2.75 bits per heavy atom. The molecule has 0 spiro atoms. The number of ether oxygens (including phenoxy) is 1. The summed E-state index contributed by atoms with van der Waals surface area (Å²) in [6, 6.07) is 9.32. The number of halogens is 2. The highest BCUT2D eigenvalue weighted by molar-refractivity contribution is 9.10. The predicted octanol–water partition coefficient (Wildman–Crippen LogP) is 4.17. The third-order valence-corrected chi connectivity index (χ3v) is 3.21. The van der Waals surface area contributed by atoms with Gasteiger partial charge in [-0.3, -0.25) is 0 Å². The number of aromatic carboxylic acids is 1. The summed E-state index contributed by atoms with van der Waals surface area (Å²) in [7, 11) is 0. The SMILES string of the molecule is Cc1cccc(C(=O)O)c1OCc1cc(F)cc(Br)c1. The molecule has 0 amide bonds. The van der Waals surface area contributed by atoms with E-state index in [0.29, 0.717) is 15.8 Å². The first kappa shape index (κ1) is 14.5. The number of benzene rings is 2. The molecule has 0 fully saturated rings. The zero-order valence-corrected chi connectivity index (χ0v) is 12.3. The van der Waals surface area contributed by atoms with Gasteiger partial charge in [0, 0.05) is 4.47 Å². The lowest BCUT2D eigenvalue weighted by Crippen LogP contribution is -2.05. The molecule has 0 aromatic heterocycles. The second kappa shape index (κ2) is 6.05. The lowest BCUT2D eigenvalue weighted by atomic mass is 10.1. The van der Waals surface area contributed by atoms with Crippen molar-refractivity contribution in [3.05, 3.63) is 63.4 Å². The van der Waals surface area contributed by atoms with Gasteiger partial charge in [0.15, 0.2) is 0 Å². The number of carboxylic acid groups (broad SMARTS) is 1. The monoisotopic (exact) mass is 338 g/mol. The molecule has 3 nitrogen and oxygen atoms in total. The molecule has 2 aromatic carbocycles. The van der Waals surface area contributed by atoms with E-state index in [0.717, 1.165) is 5.56 Å². The number of carbonyl (C=O) groups is 1. The Bertz CT molecular complexity index is 635. The van der Waals surface area contributed by atoms with Gasteiger partial charge in [0.05, 0.1) is 0 Å². The van der Waals surface area contributed by atoms with E-state index in [2.05, 4.69) is 15.9 Å². The first-order valence-electron chi connectivity index (χ1n) is 5.88. The maximum Gasteiger partial charge on any atom is 0.339 e. The molecule has 1 N–H and O–H groups in total. The van der Waals surface area contributed by atoms with E-state index >= 15 is 0 Å². The van der Waals surface area contributed by atoms with Crippen molar-refractivity contribution in [2.75, 3.05) is 0 Å². The van der Waals surface area contributed by atoms with E-state index < -0.39 is 5.97 Å². The fourth-order valence-electron chi connectivity index (χ4n) is 1.86. The summed E-state index contributed by atoms with van der Waals surface area (Å²) in [5.41, 5.74) is 1.44. The van der Waals surface area contributed by atoms with Gasteiger partial charge in [0.2, 0.25) is 0 Å². The summed E-state index contributed by atoms with van der Waals surface area (Å²) in [6.45, 7) is 1.87. The first-order valence-corrected chi connectivity index (χ1v) is 6.67. The van der Waals surface area contributed by atoms with Crippen molar-refractivity contribution in [1.29, 1.82) is 0 Å². The molecule has 0 aliphatic carbocycles. The van der Waals surface area contributed by atoms with E-state index in [9.17, 15) is 9.18 Å². The van der Waals surface area contributed by atoms with Gasteiger partial charge in [-0.05, 0) is 42.3 Å². The van der Waals surface area contributed by atoms with E-state index in [1.54, 1.807) is 25.1 Å². The van der Waals surface area contributed by atoms with E-state index in [1.807, 2.05) is 0 Å². The van der Waals surface area contributed by atoms with Gasteiger partial charge >= 0.3 is 5.97 Å². The minimum atomic E-state index is -1.05. The smallest absolute Gasteiger partial charge is 0.339 e. The molecule has 104 valence electrons. The highest BCUT2D eigenvalue weighted by Crippen LogP contribution is 2.25. The predicted molar refractivity (Wildman–Crippen MR) is 76.6 cm³/mol. The van der Waals surface area contributed by atoms with E-state index in [1.165, 1.54) is 18.2 Å². The van der Waals surface area contributed by atoms with Crippen molar-refractivity contribution in [2.45, 2.75) is 13.5 Å². The highest BCUT2D eigenvalue weighted by Gasteiger charge is 2.13. The second-order valence-electron chi connectivity index (χ2n) is 4.32. The van der Waals surface area contributed by atoms with Crippen molar-refractivity contribution in [3.8, 4) is 5.75 Å². The van der Waals surface area contributed by atoms with Crippen LogP contribution in [0.25, 0.3) is 0 Å². The lowest BCUT2D eigenvalue weighted by molar-refractivity contribution is 0.0691. The van der Waals surface area contributed by atoms with Crippen molar-refractivity contribution in [3.63, 3.8) is 0 Å². The number of aryl methyl sites for hydroxylation is 1. The topological polar surface area (TPSA) is 46.5 Å². The molecule has 0 saturated heterocycles. The molecule has 20 heavy (non-hydrogen) atoms. The number of carboxylic acids is 1. The Hall–Kier alpha value is -1.88. The van der Waals surface area contributed by atoms with Gasteiger partial charge in [-0.15, -0.1) is 0 Å². The second-order valence-corrected chi connectivity index (χ2v) is 5.24. The Kier molecular flexibility index (Phi) is 4.39. The number of hydrogen-bond donors (Lipinski definition) is 1. The Morgan fingerprint density at radius 1 is 1.35 bits per heavy atom. The zero-order valence-electron chi connectivity index (χ0n) is 10.7. The molecule has 2 rings (SSSR count). The molecule has 0 radical (unpaired) electrons. The maximum atomic E-state index is 13.3. The molecule has 0 heterocycles. The summed E-state index contributed by atoms with van der Waals surface area (Å²) in [4.78, 5) is 11.1. The molecule has 0 saturated carbocycles. The van der Waals surface area contributed by atoms with Crippen molar-refractivity contribution < 1.29 is 19.0 Å². The molecule has 0 atom stereocenters. The molecule has 0 aliphatic rings. The normalized spacial score (nSPS) is 10.3. The quantitative estimate of drug-likeness (QED) is 0.909. The van der Waals surface area contributed by atoms with Crippen LogP contribution in [0.2, 0.25) is 0 Å². The zero-order chi connectivity index (χ0) is 14.7. The Balaban J connectivity index is 2.25.